The zero-order chi connectivity index (χ0) is 30.7. The minimum absolute atomic E-state index is 0.00949. The van der Waals surface area contributed by atoms with E-state index < -0.39 is 12.3 Å². The molecule has 230 valence electrons. The highest BCUT2D eigenvalue weighted by Gasteiger charge is 2.32. The van der Waals surface area contributed by atoms with Crippen LogP contribution in [0.4, 0.5) is 0 Å². The number of carbonyl (C=O) groups is 2. The van der Waals surface area contributed by atoms with Gasteiger partial charge in [-0.25, -0.2) is 4.98 Å². The number of aliphatic hydroxyl groups is 1. The first-order chi connectivity index (χ1) is 21.5. The second-order valence-electron chi connectivity index (χ2n) is 10.6. The Bertz CT molecular complexity index is 1500. The summed E-state index contributed by atoms with van der Waals surface area (Å²) in [5.41, 5.74) is 5.77. The van der Waals surface area contributed by atoms with Crippen LogP contribution in [0.25, 0.3) is 11.1 Å². The molecular formula is C33H36N4O6S. The number of carbonyl (C=O) groups excluding carboxylic acids is 1. The highest BCUT2D eigenvalue weighted by Crippen LogP contribution is 2.39. The van der Waals surface area contributed by atoms with E-state index in [4.69, 9.17) is 14.6 Å². The number of benzene rings is 3. The largest absolute Gasteiger partial charge is 0.481 e. The van der Waals surface area contributed by atoms with Crippen LogP contribution < -0.4 is 5.32 Å². The van der Waals surface area contributed by atoms with Gasteiger partial charge in [0.25, 0.3) is 0 Å². The number of amides is 1. The predicted molar refractivity (Wildman–Crippen MR) is 165 cm³/mol. The first-order valence-electron chi connectivity index (χ1n) is 14.6. The van der Waals surface area contributed by atoms with E-state index in [9.17, 15) is 14.7 Å². The number of carboxylic acid groups (broad SMARTS) is 1. The summed E-state index contributed by atoms with van der Waals surface area (Å²) in [7, 11) is 0. The molecule has 44 heavy (non-hydrogen) atoms. The fourth-order valence-electron chi connectivity index (χ4n) is 5.08. The van der Waals surface area contributed by atoms with Gasteiger partial charge in [0.1, 0.15) is 6.33 Å². The quantitative estimate of drug-likeness (QED) is 0.106. The van der Waals surface area contributed by atoms with Gasteiger partial charge < -0.3 is 25.0 Å². The number of hydrogen-bond donors (Lipinski definition) is 4. The van der Waals surface area contributed by atoms with Crippen LogP contribution in [0.5, 0.6) is 0 Å². The molecule has 1 aromatic heterocycles. The molecule has 3 aromatic carbocycles. The average Bonchev–Trinajstić information content (AvgIpc) is 3.59. The van der Waals surface area contributed by atoms with E-state index in [2.05, 4.69) is 20.5 Å². The first-order valence-corrected chi connectivity index (χ1v) is 15.6. The number of ether oxygens (including phenoxy) is 2. The Labute approximate surface area is 260 Å². The van der Waals surface area contributed by atoms with Gasteiger partial charge in [0.2, 0.25) is 5.91 Å². The maximum absolute atomic E-state index is 12.3. The second-order valence-corrected chi connectivity index (χ2v) is 11.6. The maximum Gasteiger partial charge on any atom is 0.303 e. The zero-order valence-electron chi connectivity index (χ0n) is 24.2. The third-order valence-corrected chi connectivity index (χ3v) is 8.45. The lowest BCUT2D eigenvalue weighted by Crippen LogP contribution is -2.31. The van der Waals surface area contributed by atoms with Crippen molar-refractivity contribution in [2.75, 3.05) is 5.75 Å². The average molecular weight is 617 g/mol. The van der Waals surface area contributed by atoms with Gasteiger partial charge in [-0.1, -0.05) is 84.6 Å². The zero-order valence-corrected chi connectivity index (χ0v) is 25.0. The van der Waals surface area contributed by atoms with Crippen molar-refractivity contribution >= 4 is 23.6 Å². The van der Waals surface area contributed by atoms with Gasteiger partial charge in [0, 0.05) is 37.1 Å². The molecule has 0 saturated carbocycles. The van der Waals surface area contributed by atoms with Crippen LogP contribution in [0, 0.1) is 0 Å². The smallest absolute Gasteiger partial charge is 0.303 e. The summed E-state index contributed by atoms with van der Waals surface area (Å²) in [6.07, 6.45) is 2.71. The number of nitrogens with one attached hydrogen (secondary N) is 2. The number of nitrogens with zero attached hydrogens (tertiary/aromatic N) is 2. The SMILES string of the molecule is O=C(O)CCCCC(=O)NCc1ccccc1-c1ccc([C@@H]2O[C@H](CSc3ncn[nH]3)C[C@H](c3ccc(CO)cc3)O2)cc1. The molecule has 2 heterocycles. The van der Waals surface area contributed by atoms with E-state index in [1.807, 2.05) is 72.8 Å². The van der Waals surface area contributed by atoms with E-state index in [-0.39, 0.29) is 31.1 Å². The van der Waals surface area contributed by atoms with Crippen molar-refractivity contribution in [2.45, 2.75) is 68.9 Å². The molecule has 0 aliphatic carbocycles. The number of unbranched alkanes of at least 4 members (excludes halogenated alkanes) is 1. The number of H-pyrrole nitrogens is 1. The third-order valence-electron chi connectivity index (χ3n) is 7.45. The first kappa shape index (κ1) is 31.4. The van der Waals surface area contributed by atoms with Gasteiger partial charge in [-0.2, -0.15) is 5.10 Å². The maximum atomic E-state index is 12.3. The number of thioether (sulfide) groups is 1. The summed E-state index contributed by atoms with van der Waals surface area (Å²) in [5, 5.41) is 28.7. The summed E-state index contributed by atoms with van der Waals surface area (Å²) < 4.78 is 12.9. The van der Waals surface area contributed by atoms with E-state index in [1.165, 1.54) is 6.33 Å². The molecule has 4 N–H and O–H groups in total. The van der Waals surface area contributed by atoms with Gasteiger partial charge in [0.05, 0.1) is 18.8 Å². The summed E-state index contributed by atoms with van der Waals surface area (Å²) in [4.78, 5) is 27.2. The van der Waals surface area contributed by atoms with Crippen molar-refractivity contribution < 1.29 is 29.3 Å². The Kier molecular flexibility index (Phi) is 11.1. The molecule has 5 rings (SSSR count). The number of aliphatic carboxylic acids is 1. The summed E-state index contributed by atoms with van der Waals surface area (Å²) in [5.74, 6) is -0.262. The topological polar surface area (TPSA) is 147 Å². The minimum Gasteiger partial charge on any atom is -0.481 e. The van der Waals surface area contributed by atoms with E-state index >= 15 is 0 Å². The third kappa shape index (κ3) is 8.76. The fraction of sp³-hybridized carbons (Fsp3) is 0.333. The highest BCUT2D eigenvalue weighted by atomic mass is 32.2. The molecule has 0 radical (unpaired) electrons. The minimum atomic E-state index is -0.845. The van der Waals surface area contributed by atoms with Gasteiger partial charge in [-0.05, 0) is 40.7 Å². The monoisotopic (exact) mass is 616 g/mol. The van der Waals surface area contributed by atoms with Crippen molar-refractivity contribution in [2.24, 2.45) is 0 Å². The van der Waals surface area contributed by atoms with Crippen molar-refractivity contribution in [1.29, 1.82) is 0 Å². The number of rotatable bonds is 14. The van der Waals surface area contributed by atoms with Gasteiger partial charge >= 0.3 is 5.97 Å². The van der Waals surface area contributed by atoms with Crippen LogP contribution in [0.3, 0.4) is 0 Å². The van der Waals surface area contributed by atoms with Crippen LogP contribution >= 0.6 is 11.8 Å². The Morgan fingerprint density at radius 1 is 0.955 bits per heavy atom. The van der Waals surface area contributed by atoms with Crippen LogP contribution in [-0.2, 0) is 32.2 Å². The lowest BCUT2D eigenvalue weighted by atomic mass is 9.97. The number of aromatic amines is 1. The van der Waals surface area contributed by atoms with E-state index in [0.717, 1.165) is 38.5 Å². The van der Waals surface area contributed by atoms with E-state index in [1.54, 1.807) is 11.8 Å². The Balaban J connectivity index is 1.26. The molecule has 0 spiro atoms. The van der Waals surface area contributed by atoms with Crippen molar-refractivity contribution in [1.82, 2.24) is 20.5 Å². The number of aliphatic hydroxyl groups excluding tert-OH is 1. The lowest BCUT2D eigenvalue weighted by Gasteiger charge is -2.36. The molecule has 0 bridgehead atoms. The van der Waals surface area contributed by atoms with Crippen molar-refractivity contribution in [3.05, 3.63) is 101 Å². The summed E-state index contributed by atoms with van der Waals surface area (Å²) >= 11 is 1.55. The van der Waals surface area contributed by atoms with Gasteiger partial charge in [0.15, 0.2) is 11.4 Å². The number of hydrogen-bond acceptors (Lipinski definition) is 8. The molecule has 10 nitrogen and oxygen atoms in total. The Hall–Kier alpha value is -4.03. The van der Waals surface area contributed by atoms with Crippen LogP contribution in [0.1, 0.15) is 66.8 Å². The molecular weight excluding hydrogens is 580 g/mol. The molecule has 1 fully saturated rings. The molecule has 1 aliphatic heterocycles. The molecule has 1 saturated heterocycles. The van der Waals surface area contributed by atoms with E-state index in [0.29, 0.717) is 38.0 Å². The lowest BCUT2D eigenvalue weighted by molar-refractivity contribution is -0.245. The molecule has 1 amide bonds. The normalized spacial score (nSPS) is 18.2. The van der Waals surface area contributed by atoms with Crippen LogP contribution in [0.2, 0.25) is 0 Å². The second kappa shape index (κ2) is 15.6. The van der Waals surface area contributed by atoms with Crippen molar-refractivity contribution in [3.8, 4) is 11.1 Å². The predicted octanol–water partition coefficient (Wildman–Crippen LogP) is 5.56. The molecule has 11 heteroatoms. The summed E-state index contributed by atoms with van der Waals surface area (Å²) in [6, 6.07) is 23.8. The number of carboxylic acids is 1. The fourth-order valence-corrected chi connectivity index (χ4v) is 5.88. The number of aromatic nitrogens is 3. The summed E-state index contributed by atoms with van der Waals surface area (Å²) in [6.45, 7) is 0.371. The van der Waals surface area contributed by atoms with Crippen molar-refractivity contribution in [3.63, 3.8) is 0 Å². The van der Waals surface area contributed by atoms with Crippen LogP contribution in [0.15, 0.2) is 84.3 Å². The van der Waals surface area contributed by atoms with Gasteiger partial charge in [-0.3, -0.25) is 14.7 Å². The van der Waals surface area contributed by atoms with Crippen LogP contribution in [-0.4, -0.2) is 49.1 Å². The molecule has 4 aromatic rings. The highest BCUT2D eigenvalue weighted by molar-refractivity contribution is 7.99. The molecule has 1 aliphatic rings. The standard InChI is InChI=1S/C33H36N4O6S/c38-19-22-9-11-24(12-10-22)29-17-27(20-44-33-35-21-36-37-33)42-32(43-29)25-15-13-23(14-16-25)28-6-2-1-5-26(28)18-34-30(39)7-3-4-8-31(40)41/h1-2,5-6,9-16,21,27,29,32,38H,3-4,7-8,17-20H2,(H,34,39)(H,40,41)(H,35,36,37)/t27-,29+,32+/m0/s1. The molecule has 0 unspecified atom stereocenters. The Morgan fingerprint density at radius 2 is 1.70 bits per heavy atom. The Morgan fingerprint density at radius 3 is 2.43 bits per heavy atom. The van der Waals surface area contributed by atoms with Gasteiger partial charge in [-0.15, -0.1) is 0 Å². The molecule has 3 atom stereocenters.